The van der Waals surface area contributed by atoms with Crippen molar-refractivity contribution in [3.8, 4) is 39.7 Å². The number of para-hydroxylation sites is 3. The summed E-state index contributed by atoms with van der Waals surface area (Å²) in [4.78, 5) is 7.48. The lowest BCUT2D eigenvalue weighted by molar-refractivity contribution is 1.18. The third-order valence-corrected chi connectivity index (χ3v) is 9.59. The van der Waals surface area contributed by atoms with E-state index in [1.807, 2.05) is 66.7 Å². The van der Waals surface area contributed by atoms with E-state index in [0.29, 0.717) is 16.9 Å². The molecule has 0 spiro atoms. The van der Waals surface area contributed by atoms with Gasteiger partial charge in [0.05, 0.1) is 46.8 Å². The van der Waals surface area contributed by atoms with Crippen LogP contribution in [-0.4, -0.2) is 9.13 Å². The lowest BCUT2D eigenvalue weighted by atomic mass is 9.91. The number of fused-ring (bicyclic) bond motifs is 6. The molecule has 0 bridgehead atoms. The van der Waals surface area contributed by atoms with Gasteiger partial charge in [0, 0.05) is 33.1 Å². The van der Waals surface area contributed by atoms with Crippen LogP contribution in [0.2, 0.25) is 0 Å². The van der Waals surface area contributed by atoms with Crippen LogP contribution in [0.15, 0.2) is 152 Å². The Labute approximate surface area is 288 Å². The van der Waals surface area contributed by atoms with E-state index in [-0.39, 0.29) is 0 Å². The fourth-order valence-electron chi connectivity index (χ4n) is 7.37. The molecule has 9 aromatic rings. The van der Waals surface area contributed by atoms with Crippen LogP contribution in [0.25, 0.3) is 86.9 Å². The van der Waals surface area contributed by atoms with Crippen LogP contribution in [0, 0.1) is 24.5 Å². The number of benzene rings is 7. The molecule has 0 N–H and O–H groups in total. The maximum absolute atomic E-state index is 10.0. The number of rotatable bonds is 4. The first-order chi connectivity index (χ1) is 24.7. The summed E-state index contributed by atoms with van der Waals surface area (Å²) in [6.07, 6.45) is 0. The molecule has 0 aliphatic rings. The van der Waals surface area contributed by atoms with Crippen molar-refractivity contribution in [1.82, 2.24) is 9.13 Å². The molecule has 0 saturated heterocycles. The van der Waals surface area contributed by atoms with Crippen molar-refractivity contribution in [3.05, 3.63) is 180 Å². The zero-order valence-electron chi connectivity index (χ0n) is 26.7. The van der Waals surface area contributed by atoms with Crippen LogP contribution < -0.4 is 0 Å². The minimum Gasteiger partial charge on any atom is -0.310 e. The fourth-order valence-corrected chi connectivity index (χ4v) is 7.37. The second-order valence-corrected chi connectivity index (χ2v) is 12.3. The molecule has 50 heavy (non-hydrogen) atoms. The molecule has 0 saturated carbocycles. The Balaban J connectivity index is 1.26. The lowest BCUT2D eigenvalue weighted by Gasteiger charge is -2.18. The van der Waals surface area contributed by atoms with Gasteiger partial charge in [-0.2, -0.15) is 5.26 Å². The van der Waals surface area contributed by atoms with Crippen molar-refractivity contribution in [1.29, 1.82) is 5.26 Å². The Hall–Kier alpha value is -7.39. The summed E-state index contributed by atoms with van der Waals surface area (Å²) in [6.45, 7) is 15.5. The monoisotopic (exact) mass is 635 g/mol. The highest BCUT2D eigenvalue weighted by atomic mass is 15.0. The van der Waals surface area contributed by atoms with Crippen molar-refractivity contribution in [3.63, 3.8) is 0 Å². The Bertz CT molecular complexity index is 2900. The number of nitriles is 1. The van der Waals surface area contributed by atoms with Gasteiger partial charge in [-0.1, -0.05) is 91.0 Å². The molecule has 230 valence electrons. The third-order valence-electron chi connectivity index (χ3n) is 9.59. The van der Waals surface area contributed by atoms with E-state index in [1.165, 1.54) is 10.8 Å². The number of hydrogen-bond donors (Lipinski definition) is 0. The van der Waals surface area contributed by atoms with Gasteiger partial charge in [-0.15, -0.1) is 0 Å². The van der Waals surface area contributed by atoms with Crippen LogP contribution in [0.4, 0.5) is 11.4 Å². The van der Waals surface area contributed by atoms with Gasteiger partial charge in [0.2, 0.25) is 0 Å². The van der Waals surface area contributed by atoms with Gasteiger partial charge in [0.25, 0.3) is 0 Å². The molecule has 2 heterocycles. The van der Waals surface area contributed by atoms with Gasteiger partial charge in [0.1, 0.15) is 0 Å². The topological polar surface area (TPSA) is 42.4 Å². The smallest absolute Gasteiger partial charge is 0.189 e. The van der Waals surface area contributed by atoms with E-state index in [2.05, 4.69) is 110 Å². The predicted octanol–water partition coefficient (Wildman–Crippen LogP) is 12.2. The molecule has 0 unspecified atom stereocenters. The quantitative estimate of drug-likeness (QED) is 0.177. The van der Waals surface area contributed by atoms with E-state index in [4.69, 9.17) is 13.1 Å². The van der Waals surface area contributed by atoms with E-state index in [0.717, 1.165) is 66.5 Å². The average Bonchev–Trinajstić information content (AvgIpc) is 3.70. The predicted molar refractivity (Wildman–Crippen MR) is 203 cm³/mol. The Morgan fingerprint density at radius 3 is 1.64 bits per heavy atom. The summed E-state index contributed by atoms with van der Waals surface area (Å²) in [7, 11) is 0. The molecular formula is C45H25N5. The minimum absolute atomic E-state index is 0.515. The lowest BCUT2D eigenvalue weighted by Crippen LogP contribution is -1.99. The summed E-state index contributed by atoms with van der Waals surface area (Å²) < 4.78 is 4.48. The molecule has 7 aromatic carbocycles. The van der Waals surface area contributed by atoms with Gasteiger partial charge in [-0.25, -0.2) is 9.69 Å². The Morgan fingerprint density at radius 2 is 1.00 bits per heavy atom. The van der Waals surface area contributed by atoms with Crippen LogP contribution in [0.3, 0.4) is 0 Å². The first kappa shape index (κ1) is 28.8. The molecule has 5 heteroatoms. The molecular weight excluding hydrogens is 611 g/mol. The molecule has 0 aliphatic carbocycles. The molecule has 2 aromatic heterocycles. The average molecular weight is 636 g/mol. The van der Waals surface area contributed by atoms with Gasteiger partial charge < -0.3 is 9.13 Å². The fraction of sp³-hybridized carbons (Fsp3) is 0. The minimum atomic E-state index is 0.515. The van der Waals surface area contributed by atoms with Crippen LogP contribution >= 0.6 is 0 Å². The van der Waals surface area contributed by atoms with Crippen molar-refractivity contribution < 1.29 is 0 Å². The second-order valence-electron chi connectivity index (χ2n) is 12.3. The first-order valence-corrected chi connectivity index (χ1v) is 16.2. The van der Waals surface area contributed by atoms with Gasteiger partial charge in [0.15, 0.2) is 11.4 Å². The summed E-state index contributed by atoms with van der Waals surface area (Å²) in [6, 6.07) is 53.4. The summed E-state index contributed by atoms with van der Waals surface area (Å²) in [5, 5.41) is 14.5. The summed E-state index contributed by atoms with van der Waals surface area (Å²) >= 11 is 0. The highest BCUT2D eigenvalue weighted by Crippen LogP contribution is 2.42. The maximum Gasteiger partial charge on any atom is 0.189 e. The largest absolute Gasteiger partial charge is 0.310 e. The first-order valence-electron chi connectivity index (χ1n) is 16.2. The molecule has 0 radical (unpaired) electrons. The molecule has 9 rings (SSSR count). The standard InChI is InChI=1S/C45H25N5/c1-47-31-19-24-44-40(26-31)37-11-5-8-14-43(37)50(44)45-27-32(48-2)18-23-38(45)39-25-29(28-46)15-22-34(39)30-16-20-33(21-17-30)49-41-12-6-3-9-35(41)36-10-4-7-13-42(36)49/h3-27H. The third kappa shape index (κ3) is 4.38. The van der Waals surface area contributed by atoms with Crippen molar-refractivity contribution in [2.24, 2.45) is 0 Å². The zero-order chi connectivity index (χ0) is 33.8. The zero-order valence-corrected chi connectivity index (χ0v) is 26.7. The number of aromatic nitrogens is 2. The van der Waals surface area contributed by atoms with Gasteiger partial charge >= 0.3 is 0 Å². The highest BCUT2D eigenvalue weighted by molar-refractivity contribution is 6.11. The Morgan fingerprint density at radius 1 is 0.460 bits per heavy atom. The van der Waals surface area contributed by atoms with Gasteiger partial charge in [-0.3, -0.25) is 0 Å². The van der Waals surface area contributed by atoms with Crippen LogP contribution in [0.1, 0.15) is 5.56 Å². The molecule has 5 nitrogen and oxygen atoms in total. The van der Waals surface area contributed by atoms with Crippen LogP contribution in [-0.2, 0) is 0 Å². The second kappa shape index (κ2) is 11.4. The van der Waals surface area contributed by atoms with E-state index in [9.17, 15) is 5.26 Å². The normalized spacial score (nSPS) is 11.1. The molecule has 0 atom stereocenters. The van der Waals surface area contributed by atoms with E-state index in [1.54, 1.807) is 0 Å². The number of nitrogens with zero attached hydrogens (tertiary/aromatic N) is 5. The summed E-state index contributed by atoms with van der Waals surface area (Å²) in [5.41, 5.74) is 11.5. The van der Waals surface area contributed by atoms with E-state index >= 15 is 0 Å². The highest BCUT2D eigenvalue weighted by Gasteiger charge is 2.20. The van der Waals surface area contributed by atoms with Crippen LogP contribution in [0.5, 0.6) is 0 Å². The SMILES string of the molecule is [C-]#[N+]c1ccc(-c2cc(C#N)ccc2-c2ccc(-n3c4ccccc4c4ccccc43)cc2)c(-n2c3ccccc3c3cc([N+]#[C-])ccc32)c1. The van der Waals surface area contributed by atoms with Crippen molar-refractivity contribution in [2.75, 3.05) is 0 Å². The molecule has 0 aliphatic heterocycles. The van der Waals surface area contributed by atoms with E-state index < -0.39 is 0 Å². The van der Waals surface area contributed by atoms with Crippen molar-refractivity contribution >= 4 is 55.0 Å². The Kier molecular flexibility index (Phi) is 6.56. The molecule has 0 fully saturated rings. The molecule has 0 amide bonds. The van der Waals surface area contributed by atoms with Crippen molar-refractivity contribution in [2.45, 2.75) is 0 Å². The van der Waals surface area contributed by atoms with Gasteiger partial charge in [-0.05, 0) is 82.7 Å². The number of hydrogen-bond acceptors (Lipinski definition) is 1. The maximum atomic E-state index is 10.0. The summed E-state index contributed by atoms with van der Waals surface area (Å²) in [5.74, 6) is 0.